The van der Waals surface area contributed by atoms with E-state index in [1.165, 1.54) is 16.4 Å². The molecule has 2 heterocycles. The predicted octanol–water partition coefficient (Wildman–Crippen LogP) is 1.52. The Morgan fingerprint density at radius 1 is 1.32 bits per heavy atom. The van der Waals surface area contributed by atoms with E-state index in [0.29, 0.717) is 17.8 Å². The van der Waals surface area contributed by atoms with Crippen LogP contribution in [0.2, 0.25) is 0 Å². The van der Waals surface area contributed by atoms with Gasteiger partial charge in [-0.2, -0.15) is 9.40 Å². The molecule has 9 heteroatoms. The van der Waals surface area contributed by atoms with Crippen LogP contribution in [0.5, 0.6) is 0 Å². The van der Waals surface area contributed by atoms with Gasteiger partial charge in [-0.25, -0.2) is 12.8 Å². The number of rotatable bonds is 4. The molecule has 1 fully saturated rings. The number of aromatic nitrogens is 2. The highest BCUT2D eigenvalue weighted by Gasteiger charge is 2.36. The molecule has 7 nitrogen and oxygen atoms in total. The van der Waals surface area contributed by atoms with E-state index in [0.717, 1.165) is 12.1 Å². The monoisotopic (exact) mass is 366 g/mol. The van der Waals surface area contributed by atoms with Crippen LogP contribution in [0.1, 0.15) is 12.1 Å². The van der Waals surface area contributed by atoms with Crippen molar-refractivity contribution in [1.29, 1.82) is 0 Å². The summed E-state index contributed by atoms with van der Waals surface area (Å²) in [5.41, 5.74) is 1.32. The standard InChI is InChI=1S/C16H19FN4O3S/c1-11-15(10-20(2)19-11)18-16(22)12-7-8-21(9-12)25(23,24)14-5-3-13(17)4-6-14/h3-6,10,12H,7-9H2,1-2H3,(H,18,22)/t12-/m1/s1. The molecule has 2 aromatic rings. The molecule has 1 aliphatic rings. The Balaban J connectivity index is 1.69. The fourth-order valence-electron chi connectivity index (χ4n) is 2.87. The van der Waals surface area contributed by atoms with E-state index in [1.807, 2.05) is 0 Å². The molecular weight excluding hydrogens is 347 g/mol. The molecule has 0 saturated carbocycles. The van der Waals surface area contributed by atoms with Crippen LogP contribution in [0, 0.1) is 18.7 Å². The number of carbonyl (C=O) groups is 1. The smallest absolute Gasteiger partial charge is 0.243 e. The number of hydrogen-bond acceptors (Lipinski definition) is 4. The Kier molecular flexibility index (Phi) is 4.61. The van der Waals surface area contributed by atoms with Crippen molar-refractivity contribution in [2.45, 2.75) is 18.2 Å². The van der Waals surface area contributed by atoms with Gasteiger partial charge in [-0.1, -0.05) is 0 Å². The van der Waals surface area contributed by atoms with Crippen LogP contribution in [-0.4, -0.2) is 41.5 Å². The first-order valence-corrected chi connectivity index (χ1v) is 9.28. The quantitative estimate of drug-likeness (QED) is 0.889. The van der Waals surface area contributed by atoms with Crippen molar-refractivity contribution < 1.29 is 17.6 Å². The van der Waals surface area contributed by atoms with Gasteiger partial charge < -0.3 is 5.32 Å². The second-order valence-electron chi connectivity index (χ2n) is 6.09. The topological polar surface area (TPSA) is 84.3 Å². The summed E-state index contributed by atoms with van der Waals surface area (Å²) in [5, 5.41) is 6.96. The third-order valence-corrected chi connectivity index (χ3v) is 6.12. The lowest BCUT2D eigenvalue weighted by Crippen LogP contribution is -2.31. The zero-order chi connectivity index (χ0) is 18.2. The molecule has 3 rings (SSSR count). The Bertz CT molecular complexity index is 893. The summed E-state index contributed by atoms with van der Waals surface area (Å²) >= 11 is 0. The zero-order valence-electron chi connectivity index (χ0n) is 13.9. The number of benzene rings is 1. The van der Waals surface area contributed by atoms with Crippen molar-refractivity contribution in [3.05, 3.63) is 42.0 Å². The lowest BCUT2D eigenvalue weighted by molar-refractivity contribution is -0.119. The Hall–Kier alpha value is -2.26. The number of nitrogens with one attached hydrogen (secondary N) is 1. The van der Waals surface area contributed by atoms with Gasteiger partial charge in [0.1, 0.15) is 5.82 Å². The highest BCUT2D eigenvalue weighted by atomic mass is 32.2. The summed E-state index contributed by atoms with van der Waals surface area (Å²) in [6.45, 7) is 2.14. The second kappa shape index (κ2) is 6.57. The molecule has 0 spiro atoms. The number of sulfonamides is 1. The van der Waals surface area contributed by atoms with Crippen molar-refractivity contribution in [3.8, 4) is 0 Å². The average Bonchev–Trinajstić information content (AvgIpc) is 3.15. The van der Waals surface area contributed by atoms with Crippen molar-refractivity contribution in [1.82, 2.24) is 14.1 Å². The molecule has 1 atom stereocenters. The van der Waals surface area contributed by atoms with Crippen molar-refractivity contribution in [3.63, 3.8) is 0 Å². The number of aryl methyl sites for hydroxylation is 2. The molecule has 1 saturated heterocycles. The molecule has 25 heavy (non-hydrogen) atoms. The molecule has 1 aromatic heterocycles. The van der Waals surface area contributed by atoms with E-state index >= 15 is 0 Å². The first-order valence-electron chi connectivity index (χ1n) is 7.84. The van der Waals surface area contributed by atoms with Gasteiger partial charge in [-0.3, -0.25) is 9.48 Å². The van der Waals surface area contributed by atoms with Crippen LogP contribution in [0.25, 0.3) is 0 Å². The van der Waals surface area contributed by atoms with Gasteiger partial charge in [0.15, 0.2) is 0 Å². The van der Waals surface area contributed by atoms with Crippen LogP contribution >= 0.6 is 0 Å². The van der Waals surface area contributed by atoms with Crippen LogP contribution in [0.4, 0.5) is 10.1 Å². The van der Waals surface area contributed by atoms with E-state index in [4.69, 9.17) is 0 Å². The Labute approximate surface area is 145 Å². The van der Waals surface area contributed by atoms with Crippen molar-refractivity contribution in [2.24, 2.45) is 13.0 Å². The fraction of sp³-hybridized carbons (Fsp3) is 0.375. The van der Waals surface area contributed by atoms with Crippen molar-refractivity contribution in [2.75, 3.05) is 18.4 Å². The minimum atomic E-state index is -3.73. The fourth-order valence-corrected chi connectivity index (χ4v) is 4.37. The van der Waals surface area contributed by atoms with E-state index in [1.54, 1.807) is 24.9 Å². The maximum absolute atomic E-state index is 13.0. The minimum absolute atomic E-state index is 0.0260. The number of nitrogens with zero attached hydrogens (tertiary/aromatic N) is 3. The largest absolute Gasteiger partial charge is 0.323 e. The lowest BCUT2D eigenvalue weighted by Gasteiger charge is -2.16. The first-order chi connectivity index (χ1) is 11.8. The Morgan fingerprint density at radius 2 is 2.00 bits per heavy atom. The van der Waals surface area contributed by atoms with E-state index in [2.05, 4.69) is 10.4 Å². The van der Waals surface area contributed by atoms with Gasteiger partial charge in [0, 0.05) is 26.3 Å². The van der Waals surface area contributed by atoms with E-state index in [9.17, 15) is 17.6 Å². The average molecular weight is 366 g/mol. The second-order valence-corrected chi connectivity index (χ2v) is 8.03. The van der Waals surface area contributed by atoms with Crippen LogP contribution in [-0.2, 0) is 21.9 Å². The van der Waals surface area contributed by atoms with Gasteiger partial charge >= 0.3 is 0 Å². The SMILES string of the molecule is Cc1nn(C)cc1NC(=O)[C@@H]1CCN(S(=O)(=O)c2ccc(F)cc2)C1. The lowest BCUT2D eigenvalue weighted by atomic mass is 10.1. The zero-order valence-corrected chi connectivity index (χ0v) is 14.8. The van der Waals surface area contributed by atoms with E-state index in [-0.39, 0.29) is 23.9 Å². The first kappa shape index (κ1) is 17.6. The highest BCUT2D eigenvalue weighted by Crippen LogP contribution is 2.26. The summed E-state index contributed by atoms with van der Waals surface area (Å²) in [6.07, 6.45) is 2.14. The van der Waals surface area contributed by atoms with Gasteiger partial charge in [0.25, 0.3) is 0 Å². The summed E-state index contributed by atoms with van der Waals surface area (Å²) in [7, 11) is -1.97. The number of hydrogen-bond donors (Lipinski definition) is 1. The van der Waals surface area contributed by atoms with E-state index < -0.39 is 21.8 Å². The molecule has 0 unspecified atom stereocenters. The molecule has 1 N–H and O–H groups in total. The normalized spacial score (nSPS) is 18.4. The Morgan fingerprint density at radius 3 is 2.60 bits per heavy atom. The maximum Gasteiger partial charge on any atom is 0.243 e. The number of anilines is 1. The minimum Gasteiger partial charge on any atom is -0.323 e. The van der Waals surface area contributed by atoms with Gasteiger partial charge in [0.05, 0.1) is 22.2 Å². The summed E-state index contributed by atoms with van der Waals surface area (Å²) in [5.74, 6) is -1.16. The molecule has 134 valence electrons. The number of amides is 1. The van der Waals surface area contributed by atoms with Gasteiger partial charge in [-0.05, 0) is 37.6 Å². The molecule has 0 bridgehead atoms. The third kappa shape index (κ3) is 3.57. The van der Waals surface area contributed by atoms with Crippen LogP contribution in [0.3, 0.4) is 0 Å². The molecule has 1 aliphatic heterocycles. The maximum atomic E-state index is 13.0. The number of carbonyl (C=O) groups excluding carboxylic acids is 1. The molecule has 0 radical (unpaired) electrons. The highest BCUT2D eigenvalue weighted by molar-refractivity contribution is 7.89. The van der Waals surface area contributed by atoms with Gasteiger partial charge in [-0.15, -0.1) is 0 Å². The third-order valence-electron chi connectivity index (χ3n) is 4.24. The molecule has 0 aliphatic carbocycles. The van der Waals surface area contributed by atoms with Crippen LogP contribution < -0.4 is 5.32 Å². The predicted molar refractivity (Wildman–Crippen MR) is 89.8 cm³/mol. The molecular formula is C16H19FN4O3S. The summed E-state index contributed by atoms with van der Waals surface area (Å²) < 4.78 is 41.0. The molecule has 1 aromatic carbocycles. The van der Waals surface area contributed by atoms with Crippen LogP contribution in [0.15, 0.2) is 35.4 Å². The van der Waals surface area contributed by atoms with Gasteiger partial charge in [0.2, 0.25) is 15.9 Å². The molecule has 1 amide bonds. The van der Waals surface area contributed by atoms with Crippen molar-refractivity contribution >= 4 is 21.6 Å². The number of halogens is 1. The summed E-state index contributed by atoms with van der Waals surface area (Å²) in [4.78, 5) is 12.4. The summed E-state index contributed by atoms with van der Waals surface area (Å²) in [6, 6.07) is 4.69.